The Balaban J connectivity index is 2.14. The highest BCUT2D eigenvalue weighted by Crippen LogP contribution is 2.29. The lowest BCUT2D eigenvalue weighted by molar-refractivity contribution is 0.0727. The maximum Gasteiger partial charge on any atom is 0.0755 e. The van der Waals surface area contributed by atoms with E-state index < -0.39 is 0 Å². The number of ether oxygens (including phenoxy) is 1. The van der Waals surface area contributed by atoms with Gasteiger partial charge >= 0.3 is 0 Å². The molecule has 0 aromatic heterocycles. The van der Waals surface area contributed by atoms with Crippen LogP contribution in [0, 0.1) is 0 Å². The summed E-state index contributed by atoms with van der Waals surface area (Å²) in [6, 6.07) is 6.41. The highest BCUT2D eigenvalue weighted by Gasteiger charge is 2.23. The first-order valence-corrected chi connectivity index (χ1v) is 8.03. The first-order valence-electron chi connectivity index (χ1n) is 7.65. The molecule has 2 atom stereocenters. The van der Waals surface area contributed by atoms with Crippen molar-refractivity contribution in [1.82, 2.24) is 5.32 Å². The standard InChI is InChI=1S/C16H25ClN2O2/c1-3-6-18-12(2)15-5-4-13(9-16(15)17)19-7-8-21-11-14(19)10-20/h4-5,9,12,14,18,20H,3,6-8,10-11H2,1-2H3. The van der Waals surface area contributed by atoms with Crippen molar-refractivity contribution < 1.29 is 9.84 Å². The van der Waals surface area contributed by atoms with E-state index in [1.54, 1.807) is 0 Å². The third-order valence-corrected chi connectivity index (χ3v) is 4.25. The summed E-state index contributed by atoms with van der Waals surface area (Å²) in [5, 5.41) is 13.7. The van der Waals surface area contributed by atoms with Crippen molar-refractivity contribution in [3.8, 4) is 0 Å². The number of nitrogens with zero attached hydrogens (tertiary/aromatic N) is 1. The third-order valence-electron chi connectivity index (χ3n) is 3.92. The molecule has 2 N–H and O–H groups in total. The number of anilines is 1. The highest BCUT2D eigenvalue weighted by atomic mass is 35.5. The minimum absolute atomic E-state index is 0.0105. The van der Waals surface area contributed by atoms with E-state index in [9.17, 15) is 5.11 Å². The molecule has 1 fully saturated rings. The van der Waals surface area contributed by atoms with Gasteiger partial charge in [-0.25, -0.2) is 0 Å². The normalized spacial score (nSPS) is 20.6. The quantitative estimate of drug-likeness (QED) is 0.847. The van der Waals surface area contributed by atoms with Gasteiger partial charge in [0, 0.05) is 23.3 Å². The number of benzene rings is 1. The van der Waals surface area contributed by atoms with Crippen LogP contribution in [0.3, 0.4) is 0 Å². The van der Waals surface area contributed by atoms with E-state index in [2.05, 4.69) is 36.2 Å². The van der Waals surface area contributed by atoms with E-state index in [4.69, 9.17) is 16.3 Å². The molecule has 1 aliphatic heterocycles. The van der Waals surface area contributed by atoms with E-state index in [1.807, 2.05) is 6.07 Å². The fraction of sp³-hybridized carbons (Fsp3) is 0.625. The van der Waals surface area contributed by atoms with Crippen LogP contribution in [0.1, 0.15) is 31.9 Å². The number of rotatable bonds is 6. The Kier molecular flexibility index (Phi) is 6.30. The van der Waals surface area contributed by atoms with Crippen molar-refractivity contribution in [2.45, 2.75) is 32.4 Å². The molecule has 5 heteroatoms. The number of hydrogen-bond donors (Lipinski definition) is 2. The summed E-state index contributed by atoms with van der Waals surface area (Å²) in [6.07, 6.45) is 1.10. The molecule has 1 aromatic rings. The number of aliphatic hydroxyl groups is 1. The van der Waals surface area contributed by atoms with Gasteiger partial charge in [0.25, 0.3) is 0 Å². The molecule has 1 heterocycles. The Labute approximate surface area is 132 Å². The van der Waals surface area contributed by atoms with Gasteiger partial charge < -0.3 is 20.1 Å². The number of aliphatic hydroxyl groups excluding tert-OH is 1. The fourth-order valence-corrected chi connectivity index (χ4v) is 3.00. The monoisotopic (exact) mass is 312 g/mol. The molecule has 0 bridgehead atoms. The maximum atomic E-state index is 9.47. The second-order valence-corrected chi connectivity index (χ2v) is 5.89. The van der Waals surface area contributed by atoms with Gasteiger partial charge in [-0.2, -0.15) is 0 Å². The summed E-state index contributed by atoms with van der Waals surface area (Å²) < 4.78 is 5.42. The molecule has 118 valence electrons. The molecule has 2 rings (SSSR count). The molecular weight excluding hydrogens is 288 g/mol. The lowest BCUT2D eigenvalue weighted by Crippen LogP contribution is -2.47. The lowest BCUT2D eigenvalue weighted by Gasteiger charge is -2.36. The molecule has 4 nitrogen and oxygen atoms in total. The average molecular weight is 313 g/mol. The summed E-state index contributed by atoms with van der Waals surface area (Å²) in [4.78, 5) is 2.17. The van der Waals surface area contributed by atoms with Crippen LogP contribution >= 0.6 is 11.6 Å². The van der Waals surface area contributed by atoms with Crippen molar-refractivity contribution in [1.29, 1.82) is 0 Å². The zero-order valence-corrected chi connectivity index (χ0v) is 13.6. The van der Waals surface area contributed by atoms with Crippen LogP contribution < -0.4 is 10.2 Å². The molecule has 0 radical (unpaired) electrons. The van der Waals surface area contributed by atoms with Gasteiger partial charge in [0.2, 0.25) is 0 Å². The van der Waals surface area contributed by atoms with Crippen molar-refractivity contribution in [3.05, 3.63) is 28.8 Å². The molecule has 1 aromatic carbocycles. The first kappa shape index (κ1) is 16.6. The lowest BCUT2D eigenvalue weighted by atomic mass is 10.1. The van der Waals surface area contributed by atoms with Gasteiger partial charge in [0.05, 0.1) is 25.9 Å². The molecule has 0 spiro atoms. The van der Waals surface area contributed by atoms with Crippen LogP contribution in [0.15, 0.2) is 18.2 Å². The van der Waals surface area contributed by atoms with Crippen LogP contribution in [0.25, 0.3) is 0 Å². The van der Waals surface area contributed by atoms with E-state index in [1.165, 1.54) is 0 Å². The molecule has 0 saturated carbocycles. The minimum atomic E-state index is 0.0105. The number of halogens is 1. The SMILES string of the molecule is CCCNC(C)c1ccc(N2CCOCC2CO)cc1Cl. The first-order chi connectivity index (χ1) is 10.2. The number of nitrogens with one attached hydrogen (secondary N) is 1. The van der Waals surface area contributed by atoms with E-state index in [0.717, 1.165) is 35.8 Å². The molecule has 0 amide bonds. The topological polar surface area (TPSA) is 44.7 Å². The zero-order chi connectivity index (χ0) is 15.2. The molecule has 2 unspecified atom stereocenters. The molecule has 0 aliphatic carbocycles. The maximum absolute atomic E-state index is 9.47. The van der Waals surface area contributed by atoms with E-state index in [0.29, 0.717) is 13.2 Å². The Hall–Kier alpha value is -0.810. The van der Waals surface area contributed by atoms with Crippen molar-refractivity contribution in [3.63, 3.8) is 0 Å². The second-order valence-electron chi connectivity index (χ2n) is 5.49. The average Bonchev–Trinajstić information content (AvgIpc) is 2.52. The van der Waals surface area contributed by atoms with Crippen LogP contribution in [-0.2, 0) is 4.74 Å². The van der Waals surface area contributed by atoms with Gasteiger partial charge in [-0.05, 0) is 37.6 Å². The third kappa shape index (κ3) is 4.10. The van der Waals surface area contributed by atoms with Crippen molar-refractivity contribution in [2.75, 3.05) is 37.8 Å². The van der Waals surface area contributed by atoms with Gasteiger partial charge in [-0.3, -0.25) is 0 Å². The summed E-state index contributed by atoms with van der Waals surface area (Å²) in [5.74, 6) is 0. The Morgan fingerprint density at radius 1 is 1.52 bits per heavy atom. The van der Waals surface area contributed by atoms with Crippen LogP contribution in [0.4, 0.5) is 5.69 Å². The Morgan fingerprint density at radius 2 is 2.33 bits per heavy atom. The van der Waals surface area contributed by atoms with E-state index >= 15 is 0 Å². The molecule has 1 saturated heterocycles. The van der Waals surface area contributed by atoms with Gasteiger partial charge in [-0.1, -0.05) is 24.6 Å². The fourth-order valence-electron chi connectivity index (χ4n) is 2.66. The largest absolute Gasteiger partial charge is 0.394 e. The summed E-state index contributed by atoms with van der Waals surface area (Å²) in [6.45, 7) is 7.38. The Morgan fingerprint density at radius 3 is 3.00 bits per heavy atom. The number of hydrogen-bond acceptors (Lipinski definition) is 4. The molecule has 1 aliphatic rings. The zero-order valence-electron chi connectivity index (χ0n) is 12.8. The summed E-state index contributed by atoms with van der Waals surface area (Å²) >= 11 is 6.45. The van der Waals surface area contributed by atoms with Crippen molar-refractivity contribution >= 4 is 17.3 Å². The highest BCUT2D eigenvalue weighted by molar-refractivity contribution is 6.31. The predicted octanol–water partition coefficient (Wildman–Crippen LogP) is 2.60. The second kappa shape index (κ2) is 7.99. The van der Waals surface area contributed by atoms with E-state index in [-0.39, 0.29) is 18.7 Å². The van der Waals surface area contributed by atoms with Crippen LogP contribution in [-0.4, -0.2) is 44.1 Å². The van der Waals surface area contributed by atoms with Gasteiger partial charge in [0.15, 0.2) is 0 Å². The minimum Gasteiger partial charge on any atom is -0.394 e. The van der Waals surface area contributed by atoms with Gasteiger partial charge in [-0.15, -0.1) is 0 Å². The predicted molar refractivity (Wildman–Crippen MR) is 87.2 cm³/mol. The van der Waals surface area contributed by atoms with Crippen LogP contribution in [0.2, 0.25) is 5.02 Å². The summed E-state index contributed by atoms with van der Waals surface area (Å²) in [7, 11) is 0. The van der Waals surface area contributed by atoms with Gasteiger partial charge in [0.1, 0.15) is 0 Å². The molecular formula is C16H25ClN2O2. The Bertz CT molecular complexity index is 456. The van der Waals surface area contributed by atoms with Crippen molar-refractivity contribution in [2.24, 2.45) is 0 Å². The summed E-state index contributed by atoms with van der Waals surface area (Å²) in [5.41, 5.74) is 2.16. The smallest absolute Gasteiger partial charge is 0.0755 e. The van der Waals surface area contributed by atoms with Crippen LogP contribution in [0.5, 0.6) is 0 Å². The molecule has 21 heavy (non-hydrogen) atoms. The number of morpholine rings is 1.